The molecule has 0 radical (unpaired) electrons. The van der Waals surface area contributed by atoms with E-state index < -0.39 is 0 Å². The van der Waals surface area contributed by atoms with Crippen LogP contribution >= 0.6 is 0 Å². The summed E-state index contributed by atoms with van der Waals surface area (Å²) in [6.07, 6.45) is 2.16. The third-order valence-electron chi connectivity index (χ3n) is 3.17. The molecule has 0 amide bonds. The molecule has 0 saturated heterocycles. The standard InChI is InChI=1S/C13H19N3O/c1-9(17-3)4-7-13-15-11-6-5-10(14)8-12(11)16(13)2/h5-6,8-9H,4,7,14H2,1-3H3. The first-order valence-electron chi connectivity index (χ1n) is 5.85. The molecule has 0 saturated carbocycles. The van der Waals surface area contributed by atoms with E-state index in [0.717, 1.165) is 35.4 Å². The van der Waals surface area contributed by atoms with Gasteiger partial charge in [0.05, 0.1) is 17.1 Å². The average molecular weight is 233 g/mol. The maximum Gasteiger partial charge on any atom is 0.109 e. The Balaban J connectivity index is 2.26. The van der Waals surface area contributed by atoms with Gasteiger partial charge in [-0.3, -0.25) is 0 Å². The van der Waals surface area contributed by atoms with Crippen LogP contribution in [0.5, 0.6) is 0 Å². The lowest BCUT2D eigenvalue weighted by Crippen LogP contribution is -2.08. The number of rotatable bonds is 4. The van der Waals surface area contributed by atoms with Crippen LogP contribution in [0, 0.1) is 0 Å². The highest BCUT2D eigenvalue weighted by Gasteiger charge is 2.09. The third kappa shape index (κ3) is 2.42. The number of hydrogen-bond acceptors (Lipinski definition) is 3. The number of anilines is 1. The number of benzene rings is 1. The Morgan fingerprint density at radius 3 is 2.94 bits per heavy atom. The summed E-state index contributed by atoms with van der Waals surface area (Å²) in [6, 6.07) is 5.82. The van der Waals surface area contributed by atoms with E-state index in [-0.39, 0.29) is 6.10 Å². The van der Waals surface area contributed by atoms with E-state index in [9.17, 15) is 0 Å². The molecule has 92 valence electrons. The number of hydrogen-bond donors (Lipinski definition) is 1. The average Bonchev–Trinajstić information content (AvgIpc) is 2.63. The van der Waals surface area contributed by atoms with Crippen LogP contribution < -0.4 is 5.73 Å². The molecule has 0 aliphatic carbocycles. The second-order valence-corrected chi connectivity index (χ2v) is 4.42. The molecule has 0 spiro atoms. The second kappa shape index (κ2) is 4.75. The van der Waals surface area contributed by atoms with Gasteiger partial charge < -0.3 is 15.0 Å². The van der Waals surface area contributed by atoms with E-state index in [1.807, 2.05) is 25.2 Å². The molecule has 2 aromatic rings. The molecule has 1 aromatic heterocycles. The fraction of sp³-hybridized carbons (Fsp3) is 0.462. The molecular weight excluding hydrogens is 214 g/mol. The number of aromatic nitrogens is 2. The van der Waals surface area contributed by atoms with Crippen LogP contribution in [0.15, 0.2) is 18.2 Å². The number of ether oxygens (including phenoxy) is 1. The van der Waals surface area contributed by atoms with Crippen LogP contribution in [0.4, 0.5) is 5.69 Å². The molecule has 2 rings (SSSR count). The molecule has 0 bridgehead atoms. The van der Waals surface area contributed by atoms with Crippen LogP contribution in [0.2, 0.25) is 0 Å². The molecule has 1 unspecified atom stereocenters. The summed E-state index contributed by atoms with van der Waals surface area (Å²) in [4.78, 5) is 4.61. The van der Waals surface area contributed by atoms with Gasteiger partial charge in [-0.05, 0) is 31.5 Å². The molecule has 2 N–H and O–H groups in total. The van der Waals surface area contributed by atoms with Crippen LogP contribution in [-0.2, 0) is 18.2 Å². The van der Waals surface area contributed by atoms with Crippen molar-refractivity contribution >= 4 is 16.7 Å². The van der Waals surface area contributed by atoms with Crippen LogP contribution in [0.1, 0.15) is 19.2 Å². The summed E-state index contributed by atoms with van der Waals surface area (Å²) < 4.78 is 7.35. The maximum absolute atomic E-state index is 5.78. The fourth-order valence-electron chi connectivity index (χ4n) is 1.93. The lowest BCUT2D eigenvalue weighted by molar-refractivity contribution is 0.110. The Labute approximate surface area is 101 Å². The van der Waals surface area contributed by atoms with Crippen molar-refractivity contribution in [2.45, 2.75) is 25.9 Å². The van der Waals surface area contributed by atoms with Gasteiger partial charge in [0, 0.05) is 26.3 Å². The van der Waals surface area contributed by atoms with Gasteiger partial charge in [0.1, 0.15) is 5.82 Å². The first-order chi connectivity index (χ1) is 8.11. The molecule has 0 fully saturated rings. The summed E-state index contributed by atoms with van der Waals surface area (Å²) in [5.74, 6) is 1.08. The van der Waals surface area contributed by atoms with Crippen molar-refractivity contribution in [2.24, 2.45) is 7.05 Å². The van der Waals surface area contributed by atoms with E-state index in [1.165, 1.54) is 0 Å². The smallest absolute Gasteiger partial charge is 0.109 e. The summed E-state index contributed by atoms with van der Waals surface area (Å²) in [5.41, 5.74) is 8.65. The van der Waals surface area contributed by atoms with Crippen LogP contribution in [0.25, 0.3) is 11.0 Å². The second-order valence-electron chi connectivity index (χ2n) is 4.42. The first-order valence-corrected chi connectivity index (χ1v) is 5.85. The molecule has 1 atom stereocenters. The van der Waals surface area contributed by atoms with Crippen LogP contribution in [0.3, 0.4) is 0 Å². The van der Waals surface area contributed by atoms with E-state index in [4.69, 9.17) is 10.5 Å². The fourth-order valence-corrected chi connectivity index (χ4v) is 1.93. The Morgan fingerprint density at radius 2 is 2.24 bits per heavy atom. The quantitative estimate of drug-likeness (QED) is 0.823. The molecule has 0 aliphatic rings. The summed E-state index contributed by atoms with van der Waals surface area (Å²) >= 11 is 0. The lowest BCUT2D eigenvalue weighted by atomic mass is 10.2. The van der Waals surface area contributed by atoms with E-state index >= 15 is 0 Å². The highest BCUT2D eigenvalue weighted by molar-refractivity contribution is 5.79. The van der Waals surface area contributed by atoms with Gasteiger partial charge in [-0.15, -0.1) is 0 Å². The highest BCUT2D eigenvalue weighted by Crippen LogP contribution is 2.19. The van der Waals surface area contributed by atoms with E-state index in [1.54, 1.807) is 7.11 Å². The van der Waals surface area contributed by atoms with Crippen molar-refractivity contribution in [3.63, 3.8) is 0 Å². The monoisotopic (exact) mass is 233 g/mol. The molecule has 17 heavy (non-hydrogen) atoms. The number of imidazole rings is 1. The minimum absolute atomic E-state index is 0.264. The zero-order valence-electron chi connectivity index (χ0n) is 10.6. The van der Waals surface area contributed by atoms with Crippen molar-refractivity contribution in [1.29, 1.82) is 0 Å². The molecular formula is C13H19N3O. The van der Waals surface area contributed by atoms with Gasteiger partial charge >= 0.3 is 0 Å². The largest absolute Gasteiger partial charge is 0.399 e. The Kier molecular flexibility index (Phi) is 3.33. The van der Waals surface area contributed by atoms with Crippen LogP contribution in [-0.4, -0.2) is 22.8 Å². The van der Waals surface area contributed by atoms with Gasteiger partial charge in [0.15, 0.2) is 0 Å². The number of nitrogen functional groups attached to an aromatic ring is 1. The maximum atomic E-state index is 5.78. The number of aryl methyl sites for hydroxylation is 2. The van der Waals surface area contributed by atoms with Crippen molar-refractivity contribution in [3.05, 3.63) is 24.0 Å². The molecule has 4 heteroatoms. The predicted molar refractivity (Wildman–Crippen MR) is 69.9 cm³/mol. The molecule has 4 nitrogen and oxygen atoms in total. The van der Waals surface area contributed by atoms with Crippen molar-refractivity contribution < 1.29 is 4.74 Å². The van der Waals surface area contributed by atoms with E-state index in [2.05, 4.69) is 16.5 Å². The highest BCUT2D eigenvalue weighted by atomic mass is 16.5. The SMILES string of the molecule is COC(C)CCc1nc2ccc(N)cc2n1C. The molecule has 1 heterocycles. The van der Waals surface area contributed by atoms with Gasteiger partial charge in [-0.1, -0.05) is 0 Å². The Bertz CT molecular complexity index is 519. The number of methoxy groups -OCH3 is 1. The third-order valence-corrected chi connectivity index (χ3v) is 3.17. The zero-order chi connectivity index (χ0) is 12.4. The van der Waals surface area contributed by atoms with E-state index in [0.29, 0.717) is 0 Å². The lowest BCUT2D eigenvalue weighted by Gasteiger charge is -2.08. The summed E-state index contributed by atoms with van der Waals surface area (Å²) in [7, 11) is 3.77. The normalized spacial score (nSPS) is 13.1. The number of fused-ring (bicyclic) bond motifs is 1. The summed E-state index contributed by atoms with van der Waals surface area (Å²) in [5, 5.41) is 0. The minimum Gasteiger partial charge on any atom is -0.399 e. The zero-order valence-corrected chi connectivity index (χ0v) is 10.6. The van der Waals surface area contributed by atoms with Gasteiger partial charge in [0.25, 0.3) is 0 Å². The molecule has 0 aliphatic heterocycles. The Morgan fingerprint density at radius 1 is 1.47 bits per heavy atom. The Hall–Kier alpha value is -1.55. The topological polar surface area (TPSA) is 53.1 Å². The van der Waals surface area contributed by atoms with Crippen molar-refractivity contribution in [1.82, 2.24) is 9.55 Å². The van der Waals surface area contributed by atoms with Gasteiger partial charge in [-0.2, -0.15) is 0 Å². The van der Waals surface area contributed by atoms with Crippen molar-refractivity contribution in [3.8, 4) is 0 Å². The molecule has 1 aromatic carbocycles. The van der Waals surface area contributed by atoms with Gasteiger partial charge in [0.2, 0.25) is 0 Å². The number of nitrogens with two attached hydrogens (primary N) is 1. The first kappa shape index (κ1) is 11.9. The summed E-state index contributed by atoms with van der Waals surface area (Å²) in [6.45, 7) is 2.07. The predicted octanol–water partition coefficient (Wildman–Crippen LogP) is 2.12. The number of nitrogens with zero attached hydrogens (tertiary/aromatic N) is 2. The minimum atomic E-state index is 0.264. The van der Waals surface area contributed by atoms with Gasteiger partial charge in [-0.25, -0.2) is 4.98 Å². The van der Waals surface area contributed by atoms with Crippen molar-refractivity contribution in [2.75, 3.05) is 12.8 Å².